The summed E-state index contributed by atoms with van der Waals surface area (Å²) in [4.78, 5) is 0. The second kappa shape index (κ2) is 6.56. The van der Waals surface area contributed by atoms with E-state index in [9.17, 15) is 0 Å². The fourth-order valence-electron chi connectivity index (χ4n) is 0.726. The first kappa shape index (κ1) is 9.44. The molecule has 0 radical (unpaired) electrons. The minimum absolute atomic E-state index is 0.260. The number of hydrogen-bond acceptors (Lipinski definition) is 1. The van der Waals surface area contributed by atoms with E-state index in [1.807, 2.05) is 13.0 Å². The van der Waals surface area contributed by atoms with E-state index in [4.69, 9.17) is 5.11 Å². The summed E-state index contributed by atoms with van der Waals surface area (Å²) in [5.74, 6) is 0. The summed E-state index contributed by atoms with van der Waals surface area (Å²) in [6, 6.07) is 0. The Balaban J connectivity index is 3.36. The maximum absolute atomic E-state index is 8.53. The molecule has 0 heterocycles. The molecule has 58 valence electrons. The molecule has 0 saturated carbocycles. The van der Waals surface area contributed by atoms with Crippen LogP contribution in [0.25, 0.3) is 0 Å². The van der Waals surface area contributed by atoms with E-state index in [0.717, 1.165) is 19.3 Å². The van der Waals surface area contributed by atoms with Crippen molar-refractivity contribution in [1.82, 2.24) is 0 Å². The molecule has 0 unspecified atom stereocenters. The average molecular weight is 140 g/mol. The zero-order chi connectivity index (χ0) is 7.82. The maximum Gasteiger partial charge on any atom is 0.0468 e. The molecule has 0 aromatic heterocycles. The Hall–Kier alpha value is -0.560. The molecule has 1 heteroatoms. The molecule has 1 N–H and O–H groups in total. The normalized spacial score (nSPS) is 11.6. The van der Waals surface area contributed by atoms with E-state index in [1.54, 1.807) is 0 Å². The Morgan fingerprint density at radius 2 is 2.20 bits per heavy atom. The van der Waals surface area contributed by atoms with E-state index in [1.165, 1.54) is 5.57 Å². The first-order valence-corrected chi connectivity index (χ1v) is 3.68. The van der Waals surface area contributed by atoms with Gasteiger partial charge in [0.2, 0.25) is 0 Å². The van der Waals surface area contributed by atoms with Crippen molar-refractivity contribution in [3.63, 3.8) is 0 Å². The first-order valence-electron chi connectivity index (χ1n) is 3.68. The van der Waals surface area contributed by atoms with Crippen molar-refractivity contribution in [1.29, 1.82) is 0 Å². The van der Waals surface area contributed by atoms with Crippen molar-refractivity contribution >= 4 is 0 Å². The molecule has 0 bridgehead atoms. The number of hydrogen-bond donors (Lipinski definition) is 1. The van der Waals surface area contributed by atoms with Crippen LogP contribution in [0.3, 0.4) is 0 Å². The van der Waals surface area contributed by atoms with Gasteiger partial charge in [-0.05, 0) is 26.2 Å². The molecule has 0 rings (SSSR count). The van der Waals surface area contributed by atoms with Gasteiger partial charge in [-0.2, -0.15) is 0 Å². The van der Waals surface area contributed by atoms with E-state index >= 15 is 0 Å². The molecule has 0 atom stereocenters. The largest absolute Gasteiger partial charge is 0.396 e. The molecule has 0 amide bonds. The zero-order valence-corrected chi connectivity index (χ0v) is 6.64. The summed E-state index contributed by atoms with van der Waals surface area (Å²) < 4.78 is 0. The van der Waals surface area contributed by atoms with Gasteiger partial charge >= 0.3 is 0 Å². The predicted octanol–water partition coefficient (Wildman–Crippen LogP) is 2.28. The Kier molecular flexibility index (Phi) is 6.19. The van der Waals surface area contributed by atoms with Gasteiger partial charge in [0, 0.05) is 6.61 Å². The van der Waals surface area contributed by atoms with Crippen LogP contribution in [-0.2, 0) is 0 Å². The molecular weight excluding hydrogens is 124 g/mol. The fourth-order valence-corrected chi connectivity index (χ4v) is 0.726. The lowest BCUT2D eigenvalue weighted by Gasteiger charge is -1.95. The fraction of sp³-hybridized carbons (Fsp3) is 0.556. The molecule has 0 aromatic carbocycles. The molecule has 10 heavy (non-hydrogen) atoms. The van der Waals surface area contributed by atoms with Crippen LogP contribution in [-0.4, -0.2) is 11.7 Å². The van der Waals surface area contributed by atoms with Crippen molar-refractivity contribution in [2.24, 2.45) is 0 Å². The van der Waals surface area contributed by atoms with E-state index in [-0.39, 0.29) is 6.61 Å². The van der Waals surface area contributed by atoms with Crippen LogP contribution in [0.1, 0.15) is 26.2 Å². The summed E-state index contributed by atoms with van der Waals surface area (Å²) in [5, 5.41) is 8.53. The summed E-state index contributed by atoms with van der Waals surface area (Å²) in [6.45, 7) is 5.93. The molecule has 0 aliphatic carbocycles. The van der Waals surface area contributed by atoms with Crippen LogP contribution in [0.2, 0.25) is 0 Å². The van der Waals surface area contributed by atoms with Gasteiger partial charge in [-0.3, -0.25) is 0 Å². The standard InChI is InChI=1S/C9H16O/c1-3-4-5-6-9(2)7-8-10/h3,6,10H,1,4-5,7-8H2,2H3/b9-6-. The van der Waals surface area contributed by atoms with Crippen LogP contribution in [0.15, 0.2) is 24.3 Å². The van der Waals surface area contributed by atoms with Gasteiger partial charge in [0.25, 0.3) is 0 Å². The lowest BCUT2D eigenvalue weighted by molar-refractivity contribution is 0.299. The Morgan fingerprint density at radius 1 is 1.50 bits per heavy atom. The number of unbranched alkanes of at least 4 members (excludes halogenated alkanes) is 1. The molecule has 0 spiro atoms. The lowest BCUT2D eigenvalue weighted by Crippen LogP contribution is -1.83. The maximum atomic E-state index is 8.53. The number of aliphatic hydroxyl groups excluding tert-OH is 1. The predicted molar refractivity (Wildman–Crippen MR) is 44.9 cm³/mol. The average Bonchev–Trinajstić information content (AvgIpc) is 1.89. The Labute approximate surface area is 63.1 Å². The molecule has 0 aliphatic rings. The van der Waals surface area contributed by atoms with Crippen LogP contribution in [0.4, 0.5) is 0 Å². The van der Waals surface area contributed by atoms with Gasteiger partial charge < -0.3 is 5.11 Å². The highest BCUT2D eigenvalue weighted by molar-refractivity contribution is 4.98. The van der Waals surface area contributed by atoms with Gasteiger partial charge in [0.1, 0.15) is 0 Å². The smallest absolute Gasteiger partial charge is 0.0468 e. The van der Waals surface area contributed by atoms with Gasteiger partial charge in [-0.25, -0.2) is 0 Å². The molecule has 0 aliphatic heterocycles. The van der Waals surface area contributed by atoms with E-state index in [0.29, 0.717) is 0 Å². The van der Waals surface area contributed by atoms with Gasteiger partial charge in [0.15, 0.2) is 0 Å². The monoisotopic (exact) mass is 140 g/mol. The summed E-state index contributed by atoms with van der Waals surface area (Å²) in [7, 11) is 0. The van der Waals surface area contributed by atoms with Gasteiger partial charge in [-0.1, -0.05) is 17.7 Å². The summed E-state index contributed by atoms with van der Waals surface area (Å²) >= 11 is 0. The summed E-state index contributed by atoms with van der Waals surface area (Å²) in [6.07, 6.45) is 6.94. The zero-order valence-electron chi connectivity index (χ0n) is 6.64. The number of rotatable bonds is 5. The SMILES string of the molecule is C=CCC/C=C(/C)CCO. The van der Waals surface area contributed by atoms with Crippen molar-refractivity contribution in [2.75, 3.05) is 6.61 Å². The second-order valence-electron chi connectivity index (χ2n) is 2.39. The minimum Gasteiger partial charge on any atom is -0.396 e. The van der Waals surface area contributed by atoms with Gasteiger partial charge in [0.05, 0.1) is 0 Å². The third-order valence-electron chi connectivity index (χ3n) is 1.37. The quantitative estimate of drug-likeness (QED) is 0.459. The van der Waals surface area contributed by atoms with Crippen molar-refractivity contribution in [3.8, 4) is 0 Å². The van der Waals surface area contributed by atoms with Crippen LogP contribution in [0, 0.1) is 0 Å². The van der Waals surface area contributed by atoms with Crippen molar-refractivity contribution < 1.29 is 5.11 Å². The minimum atomic E-state index is 0.260. The highest BCUT2D eigenvalue weighted by Crippen LogP contribution is 2.01. The van der Waals surface area contributed by atoms with E-state index < -0.39 is 0 Å². The highest BCUT2D eigenvalue weighted by atomic mass is 16.2. The Morgan fingerprint density at radius 3 is 2.70 bits per heavy atom. The van der Waals surface area contributed by atoms with Crippen LogP contribution in [0.5, 0.6) is 0 Å². The highest BCUT2D eigenvalue weighted by Gasteiger charge is 1.85. The number of aliphatic hydroxyl groups is 1. The molecule has 0 saturated heterocycles. The second-order valence-corrected chi connectivity index (χ2v) is 2.39. The molecule has 1 nitrogen and oxygen atoms in total. The van der Waals surface area contributed by atoms with Crippen LogP contribution < -0.4 is 0 Å². The molecular formula is C9H16O. The lowest BCUT2D eigenvalue weighted by atomic mass is 10.1. The summed E-state index contributed by atoms with van der Waals surface area (Å²) in [5.41, 5.74) is 1.27. The number of allylic oxidation sites excluding steroid dienone is 2. The Bertz CT molecular complexity index is 114. The third kappa shape index (κ3) is 5.57. The first-order chi connectivity index (χ1) is 4.81. The van der Waals surface area contributed by atoms with E-state index in [2.05, 4.69) is 12.7 Å². The molecule has 0 aromatic rings. The van der Waals surface area contributed by atoms with Crippen molar-refractivity contribution in [2.45, 2.75) is 26.2 Å². The third-order valence-corrected chi connectivity index (χ3v) is 1.37. The molecule has 0 fully saturated rings. The van der Waals surface area contributed by atoms with Gasteiger partial charge in [-0.15, -0.1) is 6.58 Å². The van der Waals surface area contributed by atoms with Crippen molar-refractivity contribution in [3.05, 3.63) is 24.3 Å². The topological polar surface area (TPSA) is 20.2 Å². The van der Waals surface area contributed by atoms with Crippen LogP contribution >= 0.6 is 0 Å².